The lowest BCUT2D eigenvalue weighted by atomic mass is 9.94. The standard InChI is InChI=1S/C14H23N3OS.2ClH/c1-9-8-16-13(19-9)14(2,3)17-12(18)11-6-4-5-10(11)7-15;;/h8,10-11H,4-7,15H2,1-3H3,(H,17,18);2*1H/t10-,11-;;/m1../s1. The SMILES string of the molecule is Cc1cnc(C(C)(C)NC(=O)[C@@H]2CCC[C@@H]2CN)s1.Cl.Cl. The lowest BCUT2D eigenvalue weighted by Crippen LogP contribution is -2.45. The van der Waals surface area contributed by atoms with Gasteiger partial charge in [0.15, 0.2) is 0 Å². The maximum atomic E-state index is 12.4. The van der Waals surface area contributed by atoms with Crippen LogP contribution in [0.1, 0.15) is 43.0 Å². The van der Waals surface area contributed by atoms with Gasteiger partial charge in [0.2, 0.25) is 5.91 Å². The quantitative estimate of drug-likeness (QED) is 0.873. The fourth-order valence-corrected chi connectivity index (χ4v) is 3.58. The number of aromatic nitrogens is 1. The van der Waals surface area contributed by atoms with Crippen LogP contribution < -0.4 is 11.1 Å². The molecule has 3 N–H and O–H groups in total. The molecule has 4 nitrogen and oxygen atoms in total. The third kappa shape index (κ3) is 4.81. The maximum Gasteiger partial charge on any atom is 0.224 e. The van der Waals surface area contributed by atoms with Gasteiger partial charge in [0.1, 0.15) is 5.01 Å². The number of nitrogens with two attached hydrogens (primary N) is 1. The number of carbonyl (C=O) groups is 1. The molecule has 1 aliphatic rings. The second kappa shape index (κ2) is 8.32. The lowest BCUT2D eigenvalue weighted by Gasteiger charge is -2.27. The first-order chi connectivity index (χ1) is 8.94. The molecule has 0 radical (unpaired) electrons. The van der Waals surface area contributed by atoms with Crippen molar-refractivity contribution in [3.05, 3.63) is 16.1 Å². The Morgan fingerprint density at radius 2 is 2.14 bits per heavy atom. The molecule has 2 rings (SSSR count). The van der Waals surface area contributed by atoms with Crippen LogP contribution >= 0.6 is 36.2 Å². The Morgan fingerprint density at radius 1 is 1.48 bits per heavy atom. The summed E-state index contributed by atoms with van der Waals surface area (Å²) in [6, 6.07) is 0. The van der Waals surface area contributed by atoms with E-state index in [1.165, 1.54) is 0 Å². The first-order valence-electron chi connectivity index (χ1n) is 6.89. The molecule has 122 valence electrons. The molecule has 1 saturated carbocycles. The summed E-state index contributed by atoms with van der Waals surface area (Å²) in [6.07, 6.45) is 4.99. The van der Waals surface area contributed by atoms with Crippen LogP contribution in [-0.2, 0) is 10.3 Å². The third-order valence-electron chi connectivity index (χ3n) is 3.89. The second-order valence-electron chi connectivity index (χ2n) is 5.92. The summed E-state index contributed by atoms with van der Waals surface area (Å²) >= 11 is 1.64. The van der Waals surface area contributed by atoms with E-state index < -0.39 is 5.54 Å². The predicted molar refractivity (Wildman–Crippen MR) is 92.4 cm³/mol. The fourth-order valence-electron chi connectivity index (χ4n) is 2.76. The molecule has 0 unspecified atom stereocenters. The van der Waals surface area contributed by atoms with Gasteiger partial charge in [-0.1, -0.05) is 6.42 Å². The Hall–Kier alpha value is -0.360. The number of amides is 1. The van der Waals surface area contributed by atoms with Crippen LogP contribution in [0.2, 0.25) is 0 Å². The second-order valence-corrected chi connectivity index (χ2v) is 7.16. The Bertz CT molecular complexity index is 465. The highest BCUT2D eigenvalue weighted by Gasteiger charge is 2.35. The van der Waals surface area contributed by atoms with Crippen molar-refractivity contribution in [3.63, 3.8) is 0 Å². The number of hydrogen-bond acceptors (Lipinski definition) is 4. The molecule has 1 aliphatic carbocycles. The monoisotopic (exact) mass is 353 g/mol. The fraction of sp³-hybridized carbons (Fsp3) is 0.714. The topological polar surface area (TPSA) is 68.0 Å². The largest absolute Gasteiger partial charge is 0.344 e. The minimum Gasteiger partial charge on any atom is -0.344 e. The van der Waals surface area contributed by atoms with Crippen molar-refractivity contribution in [2.75, 3.05) is 6.54 Å². The van der Waals surface area contributed by atoms with Crippen LogP contribution in [0.5, 0.6) is 0 Å². The Labute approximate surface area is 143 Å². The summed E-state index contributed by atoms with van der Waals surface area (Å²) in [5.74, 6) is 0.546. The van der Waals surface area contributed by atoms with Gasteiger partial charge in [0.05, 0.1) is 5.54 Å². The van der Waals surface area contributed by atoms with E-state index >= 15 is 0 Å². The van der Waals surface area contributed by atoms with Crippen LogP contribution in [0.4, 0.5) is 0 Å². The van der Waals surface area contributed by atoms with Gasteiger partial charge in [-0.3, -0.25) is 4.79 Å². The Balaban J connectivity index is 0.00000200. The first-order valence-corrected chi connectivity index (χ1v) is 7.70. The minimum atomic E-state index is -0.405. The van der Waals surface area contributed by atoms with Gasteiger partial charge in [-0.15, -0.1) is 36.2 Å². The Kier molecular flexibility index (Phi) is 8.18. The van der Waals surface area contributed by atoms with Crippen molar-refractivity contribution >= 4 is 42.1 Å². The third-order valence-corrected chi connectivity index (χ3v) is 5.13. The predicted octanol–water partition coefficient (Wildman–Crippen LogP) is 3.02. The molecule has 0 spiro atoms. The summed E-state index contributed by atoms with van der Waals surface area (Å²) in [4.78, 5) is 18.0. The van der Waals surface area contributed by atoms with Gasteiger partial charge >= 0.3 is 0 Å². The maximum absolute atomic E-state index is 12.4. The molecule has 7 heteroatoms. The smallest absolute Gasteiger partial charge is 0.224 e. The average Bonchev–Trinajstić information content (AvgIpc) is 2.96. The summed E-state index contributed by atoms with van der Waals surface area (Å²) in [5, 5.41) is 4.10. The van der Waals surface area contributed by atoms with Gasteiger partial charge in [0.25, 0.3) is 0 Å². The number of carbonyl (C=O) groups excluding carboxylic acids is 1. The molecule has 0 aromatic carbocycles. The van der Waals surface area contributed by atoms with Gasteiger partial charge < -0.3 is 11.1 Å². The number of thiazole rings is 1. The molecule has 2 atom stereocenters. The highest BCUT2D eigenvalue weighted by atomic mass is 35.5. The minimum absolute atomic E-state index is 0. The molecule has 1 heterocycles. The molecule has 1 aromatic heterocycles. The summed E-state index contributed by atoms with van der Waals surface area (Å²) in [6.45, 7) is 6.65. The molecule has 21 heavy (non-hydrogen) atoms. The molecule has 0 saturated heterocycles. The molecule has 1 amide bonds. The van der Waals surface area contributed by atoms with Crippen LogP contribution in [0, 0.1) is 18.8 Å². The normalized spacial score (nSPS) is 21.3. The lowest BCUT2D eigenvalue weighted by molar-refractivity contribution is -0.127. The van der Waals surface area contributed by atoms with E-state index in [1.807, 2.05) is 27.0 Å². The Morgan fingerprint density at radius 3 is 2.67 bits per heavy atom. The van der Waals surface area contributed by atoms with E-state index in [9.17, 15) is 4.79 Å². The molecule has 1 aromatic rings. The average molecular weight is 354 g/mol. The summed E-state index contributed by atoms with van der Waals surface area (Å²) in [7, 11) is 0. The van der Waals surface area contributed by atoms with E-state index in [0.717, 1.165) is 29.1 Å². The van der Waals surface area contributed by atoms with Gasteiger partial charge in [0, 0.05) is 17.0 Å². The summed E-state index contributed by atoms with van der Waals surface area (Å²) in [5.41, 5.74) is 5.34. The van der Waals surface area contributed by atoms with E-state index in [1.54, 1.807) is 11.3 Å². The van der Waals surface area contributed by atoms with E-state index in [0.29, 0.717) is 12.5 Å². The van der Waals surface area contributed by atoms with Crippen LogP contribution in [-0.4, -0.2) is 17.4 Å². The number of rotatable bonds is 4. The number of halogens is 2. The van der Waals surface area contributed by atoms with Gasteiger partial charge in [-0.05, 0) is 46.1 Å². The number of hydrogen-bond donors (Lipinski definition) is 2. The van der Waals surface area contributed by atoms with Crippen molar-refractivity contribution < 1.29 is 4.79 Å². The first kappa shape index (κ1) is 20.6. The highest BCUT2D eigenvalue weighted by molar-refractivity contribution is 7.11. The molecule has 0 bridgehead atoms. The molecule has 1 fully saturated rings. The van der Waals surface area contributed by atoms with Crippen molar-refractivity contribution in [1.29, 1.82) is 0 Å². The molecular formula is C14H25Cl2N3OS. The number of aryl methyl sites for hydroxylation is 1. The van der Waals surface area contributed by atoms with E-state index in [-0.39, 0.29) is 36.6 Å². The van der Waals surface area contributed by atoms with Crippen molar-refractivity contribution in [1.82, 2.24) is 10.3 Å². The molecular weight excluding hydrogens is 329 g/mol. The zero-order chi connectivity index (χ0) is 14.0. The van der Waals surface area contributed by atoms with E-state index in [4.69, 9.17) is 5.73 Å². The van der Waals surface area contributed by atoms with Gasteiger partial charge in [-0.25, -0.2) is 4.98 Å². The van der Waals surface area contributed by atoms with Crippen LogP contribution in [0.25, 0.3) is 0 Å². The zero-order valence-electron chi connectivity index (χ0n) is 12.7. The van der Waals surface area contributed by atoms with Crippen molar-refractivity contribution in [2.45, 2.75) is 45.6 Å². The van der Waals surface area contributed by atoms with Crippen LogP contribution in [0.3, 0.4) is 0 Å². The van der Waals surface area contributed by atoms with E-state index in [2.05, 4.69) is 10.3 Å². The molecule has 0 aliphatic heterocycles. The summed E-state index contributed by atoms with van der Waals surface area (Å²) < 4.78 is 0. The van der Waals surface area contributed by atoms with Gasteiger partial charge in [-0.2, -0.15) is 0 Å². The number of nitrogens with zero attached hydrogens (tertiary/aromatic N) is 1. The van der Waals surface area contributed by atoms with Crippen LogP contribution in [0.15, 0.2) is 6.20 Å². The zero-order valence-corrected chi connectivity index (χ0v) is 15.2. The van der Waals surface area contributed by atoms with Crippen molar-refractivity contribution in [3.8, 4) is 0 Å². The number of nitrogens with one attached hydrogen (secondary N) is 1. The highest BCUT2D eigenvalue weighted by Crippen LogP contribution is 2.32. The van der Waals surface area contributed by atoms with Crippen molar-refractivity contribution in [2.24, 2.45) is 17.6 Å².